The van der Waals surface area contributed by atoms with Gasteiger partial charge in [0.25, 0.3) is 0 Å². The number of nitrogens with zero attached hydrogens (tertiary/aromatic N) is 1. The van der Waals surface area contributed by atoms with Crippen LogP contribution in [0.4, 0.5) is 0 Å². The minimum absolute atomic E-state index is 0.265. The zero-order valence-corrected chi connectivity index (χ0v) is 11.8. The number of aliphatic imine (C=N–C) groups is 1. The fourth-order valence-corrected chi connectivity index (χ4v) is 3.30. The standard InChI is InChI=1S/C11H22N2S2/c1-5-11(4)8-15-10(13-11)12-9(3)7-14-6-2/h9H,5-8H2,1-4H3,(H,12,13). The molecule has 1 rings (SSSR count). The van der Waals surface area contributed by atoms with Gasteiger partial charge in [0.05, 0.1) is 6.04 Å². The van der Waals surface area contributed by atoms with Gasteiger partial charge in [-0.15, -0.1) is 0 Å². The molecule has 1 N–H and O–H groups in total. The normalized spacial score (nSPS) is 30.5. The molecule has 1 heterocycles. The highest BCUT2D eigenvalue weighted by Gasteiger charge is 2.30. The third-order valence-corrected chi connectivity index (χ3v) is 5.01. The quantitative estimate of drug-likeness (QED) is 0.807. The molecule has 4 heteroatoms. The summed E-state index contributed by atoms with van der Waals surface area (Å²) >= 11 is 3.83. The molecule has 0 amide bonds. The number of hydrogen-bond acceptors (Lipinski definition) is 3. The summed E-state index contributed by atoms with van der Waals surface area (Å²) in [7, 11) is 0. The van der Waals surface area contributed by atoms with Crippen molar-refractivity contribution in [2.45, 2.75) is 45.7 Å². The summed E-state index contributed by atoms with van der Waals surface area (Å²) < 4.78 is 0. The minimum atomic E-state index is 0.265. The molecule has 1 aliphatic rings. The lowest BCUT2D eigenvalue weighted by Crippen LogP contribution is -2.40. The molecular weight excluding hydrogens is 224 g/mol. The van der Waals surface area contributed by atoms with Crippen LogP contribution in [0.1, 0.15) is 34.1 Å². The third kappa shape index (κ3) is 4.27. The van der Waals surface area contributed by atoms with Gasteiger partial charge in [0.15, 0.2) is 5.17 Å². The maximum absolute atomic E-state index is 4.70. The zero-order valence-electron chi connectivity index (χ0n) is 10.2. The van der Waals surface area contributed by atoms with Crippen LogP contribution >= 0.6 is 23.5 Å². The summed E-state index contributed by atoms with van der Waals surface area (Å²) in [6.07, 6.45) is 1.16. The van der Waals surface area contributed by atoms with Gasteiger partial charge in [-0.2, -0.15) is 11.8 Å². The lowest BCUT2D eigenvalue weighted by molar-refractivity contribution is 0.466. The van der Waals surface area contributed by atoms with Crippen molar-refractivity contribution in [3.05, 3.63) is 0 Å². The van der Waals surface area contributed by atoms with E-state index in [1.807, 2.05) is 23.5 Å². The van der Waals surface area contributed by atoms with Crippen LogP contribution in [0.15, 0.2) is 4.99 Å². The van der Waals surface area contributed by atoms with Gasteiger partial charge in [0, 0.05) is 17.0 Å². The van der Waals surface area contributed by atoms with Gasteiger partial charge in [0.1, 0.15) is 0 Å². The van der Waals surface area contributed by atoms with Gasteiger partial charge in [-0.05, 0) is 26.0 Å². The first-order valence-electron chi connectivity index (χ1n) is 5.66. The molecule has 0 bridgehead atoms. The number of rotatable bonds is 5. The highest BCUT2D eigenvalue weighted by molar-refractivity contribution is 8.14. The first-order valence-corrected chi connectivity index (χ1v) is 7.80. The Bertz CT molecular complexity index is 231. The second-order valence-corrected chi connectivity index (χ2v) is 6.55. The summed E-state index contributed by atoms with van der Waals surface area (Å²) in [4.78, 5) is 4.70. The van der Waals surface area contributed by atoms with Crippen molar-refractivity contribution >= 4 is 28.7 Å². The number of amidine groups is 1. The van der Waals surface area contributed by atoms with E-state index in [9.17, 15) is 0 Å². The lowest BCUT2D eigenvalue weighted by Gasteiger charge is -2.21. The Kier molecular flexibility index (Phi) is 5.33. The SMILES string of the molecule is CCSCC(C)N=C1NC(C)(CC)CS1. The number of hydrogen-bond donors (Lipinski definition) is 1. The van der Waals surface area contributed by atoms with E-state index in [0.29, 0.717) is 6.04 Å². The molecule has 2 unspecified atom stereocenters. The molecule has 0 aliphatic carbocycles. The molecule has 1 fully saturated rings. The van der Waals surface area contributed by atoms with Gasteiger partial charge >= 0.3 is 0 Å². The topological polar surface area (TPSA) is 24.4 Å². The molecule has 0 radical (unpaired) electrons. The summed E-state index contributed by atoms with van der Waals surface area (Å²) in [6, 6.07) is 0.434. The highest BCUT2D eigenvalue weighted by atomic mass is 32.2. The molecule has 1 aliphatic heterocycles. The average Bonchev–Trinajstić information content (AvgIpc) is 2.58. The molecule has 2 atom stereocenters. The van der Waals surface area contributed by atoms with Gasteiger partial charge in [-0.3, -0.25) is 4.99 Å². The van der Waals surface area contributed by atoms with E-state index in [-0.39, 0.29) is 5.54 Å². The second kappa shape index (κ2) is 6.04. The van der Waals surface area contributed by atoms with Crippen LogP contribution in [0.5, 0.6) is 0 Å². The fraction of sp³-hybridized carbons (Fsp3) is 0.909. The summed E-state index contributed by atoms with van der Waals surface area (Å²) in [6.45, 7) is 8.89. The third-order valence-electron chi connectivity index (χ3n) is 2.62. The molecule has 0 spiro atoms. The van der Waals surface area contributed by atoms with Crippen LogP contribution in [-0.2, 0) is 0 Å². The lowest BCUT2D eigenvalue weighted by atomic mass is 10.0. The van der Waals surface area contributed by atoms with Crippen LogP contribution in [0.2, 0.25) is 0 Å². The van der Waals surface area contributed by atoms with E-state index in [1.165, 1.54) is 5.75 Å². The predicted octanol–water partition coefficient (Wildman–Crippen LogP) is 2.99. The van der Waals surface area contributed by atoms with Crippen molar-refractivity contribution in [1.29, 1.82) is 0 Å². The van der Waals surface area contributed by atoms with E-state index in [2.05, 4.69) is 33.0 Å². The van der Waals surface area contributed by atoms with Crippen molar-refractivity contribution in [2.24, 2.45) is 4.99 Å². The van der Waals surface area contributed by atoms with Crippen molar-refractivity contribution in [3.8, 4) is 0 Å². The fourth-order valence-electron chi connectivity index (χ4n) is 1.34. The number of nitrogens with one attached hydrogen (secondary N) is 1. The smallest absolute Gasteiger partial charge is 0.157 e. The summed E-state index contributed by atoms with van der Waals surface area (Å²) in [5, 5.41) is 4.67. The maximum Gasteiger partial charge on any atom is 0.157 e. The van der Waals surface area contributed by atoms with E-state index < -0.39 is 0 Å². The zero-order chi connectivity index (χ0) is 11.3. The summed E-state index contributed by atoms with van der Waals surface area (Å²) in [5.74, 6) is 3.46. The molecule has 1 saturated heterocycles. The number of thioether (sulfide) groups is 2. The van der Waals surface area contributed by atoms with Crippen molar-refractivity contribution < 1.29 is 0 Å². The van der Waals surface area contributed by atoms with E-state index in [1.54, 1.807) is 0 Å². The Morgan fingerprint density at radius 2 is 2.33 bits per heavy atom. The Labute approximate surface area is 102 Å². The maximum atomic E-state index is 4.70. The average molecular weight is 246 g/mol. The Morgan fingerprint density at radius 3 is 2.87 bits per heavy atom. The van der Waals surface area contributed by atoms with Crippen LogP contribution < -0.4 is 5.32 Å². The molecule has 0 aromatic rings. The predicted molar refractivity (Wildman–Crippen MR) is 74.2 cm³/mol. The van der Waals surface area contributed by atoms with Crippen LogP contribution in [0, 0.1) is 0 Å². The van der Waals surface area contributed by atoms with Crippen molar-refractivity contribution in [1.82, 2.24) is 5.32 Å². The molecular formula is C11H22N2S2. The molecule has 88 valence electrons. The first-order chi connectivity index (χ1) is 7.09. The van der Waals surface area contributed by atoms with Crippen LogP contribution in [0.25, 0.3) is 0 Å². The Hall–Kier alpha value is 0.170. The molecule has 0 aromatic carbocycles. The Morgan fingerprint density at radius 1 is 1.60 bits per heavy atom. The Balaban J connectivity index is 2.41. The van der Waals surface area contributed by atoms with E-state index in [4.69, 9.17) is 4.99 Å². The van der Waals surface area contributed by atoms with E-state index in [0.717, 1.165) is 23.1 Å². The van der Waals surface area contributed by atoms with Gasteiger partial charge in [-0.25, -0.2) is 0 Å². The largest absolute Gasteiger partial charge is 0.359 e. The van der Waals surface area contributed by atoms with Crippen LogP contribution in [0.3, 0.4) is 0 Å². The molecule has 15 heavy (non-hydrogen) atoms. The molecule has 2 nitrogen and oxygen atoms in total. The van der Waals surface area contributed by atoms with Crippen molar-refractivity contribution in [2.75, 3.05) is 17.3 Å². The highest BCUT2D eigenvalue weighted by Crippen LogP contribution is 2.26. The monoisotopic (exact) mass is 246 g/mol. The van der Waals surface area contributed by atoms with Gasteiger partial charge < -0.3 is 5.32 Å². The van der Waals surface area contributed by atoms with Crippen LogP contribution in [-0.4, -0.2) is 34.0 Å². The first kappa shape index (κ1) is 13.2. The van der Waals surface area contributed by atoms with Crippen molar-refractivity contribution in [3.63, 3.8) is 0 Å². The second-order valence-electron chi connectivity index (χ2n) is 4.27. The molecule has 0 aromatic heterocycles. The van der Waals surface area contributed by atoms with E-state index >= 15 is 0 Å². The molecule has 0 saturated carbocycles. The minimum Gasteiger partial charge on any atom is -0.359 e. The van der Waals surface area contributed by atoms with Gasteiger partial charge in [-0.1, -0.05) is 25.6 Å². The summed E-state index contributed by atoms with van der Waals surface area (Å²) in [5.41, 5.74) is 0.265. The van der Waals surface area contributed by atoms with Gasteiger partial charge in [0.2, 0.25) is 0 Å².